The molecule has 1 N–H and O–H groups in total. The second kappa shape index (κ2) is 8.38. The summed E-state index contributed by atoms with van der Waals surface area (Å²) in [5.74, 6) is 0.260. The van der Waals surface area contributed by atoms with Gasteiger partial charge in [0.15, 0.2) is 0 Å². The summed E-state index contributed by atoms with van der Waals surface area (Å²) in [6.45, 7) is 2.40. The van der Waals surface area contributed by atoms with E-state index < -0.39 is 0 Å². The third-order valence-corrected chi connectivity index (χ3v) is 5.99. The normalized spacial score (nSPS) is 15.6. The fourth-order valence-electron chi connectivity index (χ4n) is 3.23. The number of aromatic amines is 1. The molecule has 0 aliphatic carbocycles. The number of nitrogens with one attached hydrogen (secondary N) is 1. The molecule has 3 aromatic rings. The van der Waals surface area contributed by atoms with E-state index in [0.29, 0.717) is 39.1 Å². The zero-order chi connectivity index (χ0) is 21.3. The molecule has 0 bridgehead atoms. The first kappa shape index (κ1) is 20.3. The van der Waals surface area contributed by atoms with E-state index >= 15 is 0 Å². The summed E-state index contributed by atoms with van der Waals surface area (Å²) in [5.41, 5.74) is 3.57. The van der Waals surface area contributed by atoms with Crippen LogP contribution in [0.1, 0.15) is 18.1 Å². The van der Waals surface area contributed by atoms with Gasteiger partial charge in [0.2, 0.25) is 0 Å². The summed E-state index contributed by atoms with van der Waals surface area (Å²) in [4.78, 5) is 26.5. The summed E-state index contributed by atoms with van der Waals surface area (Å²) >= 11 is 7.31. The van der Waals surface area contributed by atoms with Gasteiger partial charge in [0, 0.05) is 29.9 Å². The van der Waals surface area contributed by atoms with Gasteiger partial charge in [-0.15, -0.1) is 0 Å². The predicted molar refractivity (Wildman–Crippen MR) is 118 cm³/mol. The second-order valence-electron chi connectivity index (χ2n) is 6.53. The van der Waals surface area contributed by atoms with Crippen molar-refractivity contribution in [2.24, 2.45) is 0 Å². The van der Waals surface area contributed by atoms with Crippen LogP contribution in [0.2, 0.25) is 5.02 Å². The Morgan fingerprint density at radius 2 is 1.97 bits per heavy atom. The van der Waals surface area contributed by atoms with Crippen molar-refractivity contribution in [1.29, 1.82) is 0 Å². The van der Waals surface area contributed by atoms with Gasteiger partial charge in [-0.2, -0.15) is 5.10 Å². The fraction of sp³-hybridized carbons (Fsp3) is 0.136. The standard InChI is InChI=1S/C22H18ClN3O3S/c1-3-29-17-10-9-14(11-16(17)23)19-15(12-24-25-19)18(13-7-5-4-6-8-13)20-21(27)26(2)22(28)30-20/h4-12H,3H2,1-2H3,(H,24,25). The number of hydrogen-bond acceptors (Lipinski definition) is 5. The van der Waals surface area contributed by atoms with E-state index in [9.17, 15) is 9.59 Å². The molecule has 152 valence electrons. The van der Waals surface area contributed by atoms with Crippen molar-refractivity contribution in [2.75, 3.05) is 13.7 Å². The van der Waals surface area contributed by atoms with Crippen molar-refractivity contribution in [1.82, 2.24) is 15.1 Å². The van der Waals surface area contributed by atoms with E-state index in [4.69, 9.17) is 16.3 Å². The summed E-state index contributed by atoms with van der Waals surface area (Å²) in [5, 5.41) is 7.46. The Kier molecular flexibility index (Phi) is 5.65. The minimum Gasteiger partial charge on any atom is -0.492 e. The fourth-order valence-corrected chi connectivity index (χ4v) is 4.41. The molecule has 0 atom stereocenters. The van der Waals surface area contributed by atoms with Crippen LogP contribution < -0.4 is 4.74 Å². The van der Waals surface area contributed by atoms with E-state index in [1.807, 2.05) is 43.3 Å². The maximum atomic E-state index is 12.8. The smallest absolute Gasteiger partial charge is 0.293 e. The average molecular weight is 440 g/mol. The monoisotopic (exact) mass is 439 g/mol. The molecule has 6 nitrogen and oxygen atoms in total. The third-order valence-electron chi connectivity index (χ3n) is 4.67. The highest BCUT2D eigenvalue weighted by Gasteiger charge is 2.36. The summed E-state index contributed by atoms with van der Waals surface area (Å²) in [6, 6.07) is 14.9. The number of hydrogen-bond donors (Lipinski definition) is 1. The Labute approximate surface area is 182 Å². The first-order chi connectivity index (χ1) is 14.5. The number of ether oxygens (including phenoxy) is 1. The Hall–Kier alpha value is -3.03. The average Bonchev–Trinajstić information content (AvgIpc) is 3.32. The minimum atomic E-state index is -0.333. The number of thioether (sulfide) groups is 1. The lowest BCUT2D eigenvalue weighted by Crippen LogP contribution is -2.22. The highest BCUT2D eigenvalue weighted by atomic mass is 35.5. The number of nitrogens with zero attached hydrogens (tertiary/aromatic N) is 2. The number of likely N-dealkylation sites (N-methyl/N-ethyl adjacent to an activating group) is 1. The number of H-pyrrole nitrogens is 1. The molecule has 1 fully saturated rings. The van der Waals surface area contributed by atoms with Crippen LogP contribution in [0.4, 0.5) is 4.79 Å². The molecule has 1 aliphatic rings. The van der Waals surface area contributed by atoms with Crippen molar-refractivity contribution in [3.05, 3.63) is 75.8 Å². The topological polar surface area (TPSA) is 75.3 Å². The number of benzene rings is 2. The van der Waals surface area contributed by atoms with E-state index in [-0.39, 0.29) is 11.1 Å². The minimum absolute atomic E-state index is 0.308. The lowest BCUT2D eigenvalue weighted by atomic mass is 9.95. The van der Waals surface area contributed by atoms with Crippen LogP contribution in [0, 0.1) is 0 Å². The number of amides is 2. The number of rotatable bonds is 5. The molecular weight excluding hydrogens is 422 g/mol. The van der Waals surface area contributed by atoms with Gasteiger partial charge >= 0.3 is 0 Å². The van der Waals surface area contributed by atoms with Crippen molar-refractivity contribution in [2.45, 2.75) is 6.92 Å². The van der Waals surface area contributed by atoms with Crippen LogP contribution in [0.15, 0.2) is 59.6 Å². The van der Waals surface area contributed by atoms with Crippen molar-refractivity contribution < 1.29 is 14.3 Å². The lowest BCUT2D eigenvalue weighted by molar-refractivity contribution is -0.121. The predicted octanol–water partition coefficient (Wildman–Crippen LogP) is 5.21. The molecule has 4 rings (SSSR count). The maximum Gasteiger partial charge on any atom is 0.293 e. The highest BCUT2D eigenvalue weighted by molar-refractivity contribution is 8.18. The van der Waals surface area contributed by atoms with Crippen LogP contribution >= 0.6 is 23.4 Å². The van der Waals surface area contributed by atoms with E-state index in [1.54, 1.807) is 18.3 Å². The van der Waals surface area contributed by atoms with Gasteiger partial charge < -0.3 is 4.74 Å². The molecule has 1 aromatic heterocycles. The maximum absolute atomic E-state index is 12.8. The summed E-state index contributed by atoms with van der Waals surface area (Å²) < 4.78 is 5.51. The van der Waals surface area contributed by atoms with Gasteiger partial charge in [-0.25, -0.2) is 0 Å². The largest absolute Gasteiger partial charge is 0.492 e. The van der Waals surface area contributed by atoms with Crippen molar-refractivity contribution >= 4 is 40.1 Å². The van der Waals surface area contributed by atoms with Gasteiger partial charge in [-0.05, 0) is 42.4 Å². The lowest BCUT2D eigenvalue weighted by Gasteiger charge is -2.12. The molecule has 0 spiro atoms. The number of halogens is 1. The number of aromatic nitrogens is 2. The molecule has 2 amide bonds. The third kappa shape index (κ3) is 3.62. The number of carbonyl (C=O) groups is 2. The quantitative estimate of drug-likeness (QED) is 0.552. The molecule has 2 aromatic carbocycles. The van der Waals surface area contributed by atoms with Gasteiger partial charge in [-0.3, -0.25) is 19.6 Å². The summed E-state index contributed by atoms with van der Waals surface area (Å²) in [7, 11) is 1.48. The molecule has 0 saturated carbocycles. The molecule has 30 heavy (non-hydrogen) atoms. The second-order valence-corrected chi connectivity index (χ2v) is 7.90. The Morgan fingerprint density at radius 3 is 2.60 bits per heavy atom. The summed E-state index contributed by atoms with van der Waals surface area (Å²) in [6.07, 6.45) is 1.73. The molecular formula is C22H18ClN3O3S. The molecule has 0 unspecified atom stereocenters. The van der Waals surface area contributed by atoms with Gasteiger partial charge in [-0.1, -0.05) is 41.9 Å². The Morgan fingerprint density at radius 1 is 1.20 bits per heavy atom. The van der Waals surface area contributed by atoms with Gasteiger partial charge in [0.25, 0.3) is 11.1 Å². The first-order valence-corrected chi connectivity index (χ1v) is 10.5. The zero-order valence-electron chi connectivity index (χ0n) is 16.3. The van der Waals surface area contributed by atoms with E-state index in [2.05, 4.69) is 10.2 Å². The van der Waals surface area contributed by atoms with E-state index in [1.165, 1.54) is 7.05 Å². The molecule has 0 radical (unpaired) electrons. The highest BCUT2D eigenvalue weighted by Crippen LogP contribution is 2.42. The van der Waals surface area contributed by atoms with Gasteiger partial charge in [0.1, 0.15) is 5.75 Å². The Balaban J connectivity index is 1.90. The Bertz CT molecular complexity index is 1160. The molecule has 8 heteroatoms. The van der Waals surface area contributed by atoms with Gasteiger partial charge in [0.05, 0.1) is 22.2 Å². The SMILES string of the molecule is CCOc1ccc(-c2n[nH]cc2C(=C2SC(=O)N(C)C2=O)c2ccccc2)cc1Cl. The zero-order valence-corrected chi connectivity index (χ0v) is 17.9. The molecule has 1 aliphatic heterocycles. The van der Waals surface area contributed by atoms with Crippen molar-refractivity contribution in [3.8, 4) is 17.0 Å². The van der Waals surface area contributed by atoms with Crippen LogP contribution in [0.3, 0.4) is 0 Å². The molecule has 1 saturated heterocycles. The van der Waals surface area contributed by atoms with E-state index in [0.717, 1.165) is 27.8 Å². The van der Waals surface area contributed by atoms with Crippen LogP contribution in [-0.4, -0.2) is 39.9 Å². The number of imide groups is 1. The van der Waals surface area contributed by atoms with Crippen LogP contribution in [-0.2, 0) is 4.79 Å². The number of carbonyl (C=O) groups excluding carboxylic acids is 2. The molecule has 2 heterocycles. The van der Waals surface area contributed by atoms with Crippen LogP contribution in [0.5, 0.6) is 5.75 Å². The van der Waals surface area contributed by atoms with Crippen molar-refractivity contribution in [3.63, 3.8) is 0 Å². The van der Waals surface area contributed by atoms with Crippen LogP contribution in [0.25, 0.3) is 16.8 Å². The first-order valence-electron chi connectivity index (χ1n) is 9.27.